The molecule has 66 valence electrons. The van der Waals surface area contributed by atoms with Gasteiger partial charge in [0.2, 0.25) is 0 Å². The first-order chi connectivity index (χ1) is 5.83. The van der Waals surface area contributed by atoms with Crippen LogP contribution in [0.3, 0.4) is 0 Å². The molecule has 0 aromatic heterocycles. The summed E-state index contributed by atoms with van der Waals surface area (Å²) >= 11 is 0. The quantitative estimate of drug-likeness (QED) is 0.539. The average molecular weight is 246 g/mol. The topological polar surface area (TPSA) is 74.6 Å². The van der Waals surface area contributed by atoms with Gasteiger partial charge in [-0.3, -0.25) is 0 Å². The second kappa shape index (κ2) is 22.9. The van der Waals surface area contributed by atoms with Gasteiger partial charge in [0.15, 0.2) is 0 Å². The normalized spacial score (nSPS) is 6.92. The van der Waals surface area contributed by atoms with E-state index in [1.807, 2.05) is 36.4 Å². The molecule has 0 unspecified atom stereocenters. The van der Waals surface area contributed by atoms with Gasteiger partial charge in [0, 0.05) is 0 Å². The van der Waals surface area contributed by atoms with Crippen LogP contribution < -0.4 is 0 Å². The molecule has 1 rings (SSSR count). The number of hydrogen-bond donors (Lipinski definition) is 2. The third kappa shape index (κ3) is 32.5. The minimum absolute atomic E-state index is 0. The van der Waals surface area contributed by atoms with Gasteiger partial charge in [-0.05, 0) is 0 Å². The predicted octanol–water partition coefficient (Wildman–Crippen LogP) is 1.68. The van der Waals surface area contributed by atoms with E-state index in [-0.39, 0.29) is 37.7 Å². The van der Waals surface area contributed by atoms with Crippen molar-refractivity contribution in [2.24, 2.45) is 0 Å². The van der Waals surface area contributed by atoms with Crippen molar-refractivity contribution < 1.29 is 18.9 Å². The standard InChI is InChI=1S/C6H6.Ca.2HO2P/c1-2-4-6-5-3-1;;2*1-3-2/h1-6H;;2*(H,1,2)/q;+2;;. The summed E-state index contributed by atoms with van der Waals surface area (Å²) < 4.78 is 16.9. The molecule has 0 fully saturated rings. The summed E-state index contributed by atoms with van der Waals surface area (Å²) in [5.74, 6) is 0. The molecule has 2 N–H and O–H groups in total. The van der Waals surface area contributed by atoms with Gasteiger partial charge in [-0.25, -0.2) is 9.13 Å². The van der Waals surface area contributed by atoms with E-state index in [0.717, 1.165) is 0 Å². The van der Waals surface area contributed by atoms with Crippen LogP contribution in [0.15, 0.2) is 36.4 Å². The van der Waals surface area contributed by atoms with Gasteiger partial charge in [-0.15, -0.1) is 0 Å². The third-order valence-corrected chi connectivity index (χ3v) is 0.667. The van der Waals surface area contributed by atoms with Gasteiger partial charge in [-0.1, -0.05) is 36.4 Å². The Morgan fingerprint density at radius 2 is 0.769 bits per heavy atom. The first-order valence-electron chi connectivity index (χ1n) is 2.77. The average Bonchev–Trinajstić information content (AvgIpc) is 2.10. The van der Waals surface area contributed by atoms with Gasteiger partial charge < -0.3 is 9.79 Å². The van der Waals surface area contributed by atoms with Crippen LogP contribution in [-0.2, 0) is 9.13 Å². The fourth-order valence-electron chi connectivity index (χ4n) is 0.385. The first-order valence-corrected chi connectivity index (χ1v) is 4.30. The van der Waals surface area contributed by atoms with Crippen molar-refractivity contribution in [3.8, 4) is 0 Å². The predicted molar refractivity (Wildman–Crippen MR) is 51.8 cm³/mol. The van der Waals surface area contributed by atoms with E-state index in [4.69, 9.17) is 18.9 Å². The maximum absolute atomic E-state index is 8.46. The van der Waals surface area contributed by atoms with E-state index in [2.05, 4.69) is 0 Å². The molecule has 0 bridgehead atoms. The summed E-state index contributed by atoms with van der Waals surface area (Å²) in [5.41, 5.74) is 0. The Hall–Kier alpha value is 0.600. The SMILES string of the molecule is O=PO.O=PO.[Ca+2].c1ccccc1. The summed E-state index contributed by atoms with van der Waals surface area (Å²) in [6, 6.07) is 12.0. The van der Waals surface area contributed by atoms with Crippen molar-refractivity contribution in [1.29, 1.82) is 0 Å². The summed E-state index contributed by atoms with van der Waals surface area (Å²) in [6.45, 7) is 0. The van der Waals surface area contributed by atoms with Crippen molar-refractivity contribution >= 4 is 55.1 Å². The molecule has 4 nitrogen and oxygen atoms in total. The molecule has 1 aromatic carbocycles. The molecule has 0 radical (unpaired) electrons. The zero-order valence-corrected chi connectivity index (χ0v) is 10.8. The van der Waals surface area contributed by atoms with Crippen LogP contribution in [0.5, 0.6) is 0 Å². The molecular formula is C6H8CaO4P2+2. The van der Waals surface area contributed by atoms with Gasteiger partial charge in [0.1, 0.15) is 0 Å². The van der Waals surface area contributed by atoms with Gasteiger partial charge in [0.25, 0.3) is 0 Å². The molecule has 13 heavy (non-hydrogen) atoms. The summed E-state index contributed by atoms with van der Waals surface area (Å²) in [5, 5.41) is 0. The minimum Gasteiger partial charge on any atom is -0.310 e. The maximum atomic E-state index is 8.46. The van der Waals surface area contributed by atoms with Crippen LogP contribution in [0.2, 0.25) is 0 Å². The molecule has 0 saturated heterocycles. The summed E-state index contributed by atoms with van der Waals surface area (Å²) in [7, 11) is -1.67. The molecule has 0 atom stereocenters. The van der Waals surface area contributed by atoms with Crippen molar-refractivity contribution in [3.63, 3.8) is 0 Å². The van der Waals surface area contributed by atoms with E-state index in [1.165, 1.54) is 0 Å². The molecule has 0 aliphatic rings. The fourth-order valence-corrected chi connectivity index (χ4v) is 0.385. The van der Waals surface area contributed by atoms with Gasteiger partial charge >= 0.3 is 55.1 Å². The Bertz CT molecular complexity index is 153. The van der Waals surface area contributed by atoms with Crippen molar-refractivity contribution in [2.75, 3.05) is 0 Å². The molecule has 0 heterocycles. The molecule has 1 aromatic rings. The largest absolute Gasteiger partial charge is 2.00 e. The van der Waals surface area contributed by atoms with E-state index in [9.17, 15) is 0 Å². The molecule has 0 aliphatic carbocycles. The Kier molecular flexibility index (Phi) is 33.9. The third-order valence-electron chi connectivity index (χ3n) is 0.667. The van der Waals surface area contributed by atoms with Crippen molar-refractivity contribution in [2.45, 2.75) is 0 Å². The van der Waals surface area contributed by atoms with Crippen LogP contribution in [0.25, 0.3) is 0 Å². The van der Waals surface area contributed by atoms with Gasteiger partial charge in [0.05, 0.1) is 0 Å². The molecule has 0 aliphatic heterocycles. The Labute approximate surface area is 110 Å². The van der Waals surface area contributed by atoms with Crippen LogP contribution >= 0.6 is 17.4 Å². The van der Waals surface area contributed by atoms with Crippen molar-refractivity contribution in [3.05, 3.63) is 36.4 Å². The Morgan fingerprint density at radius 3 is 0.846 bits per heavy atom. The molecule has 0 amide bonds. The smallest absolute Gasteiger partial charge is 0.310 e. The molecule has 7 heteroatoms. The second-order valence-corrected chi connectivity index (χ2v) is 1.64. The Morgan fingerprint density at radius 1 is 0.692 bits per heavy atom. The second-order valence-electron chi connectivity index (χ2n) is 1.32. The summed E-state index contributed by atoms with van der Waals surface area (Å²) in [4.78, 5) is 14.0. The van der Waals surface area contributed by atoms with Crippen LogP contribution in [0.4, 0.5) is 0 Å². The number of rotatable bonds is 0. The molecule has 0 spiro atoms. The van der Waals surface area contributed by atoms with E-state index in [1.54, 1.807) is 0 Å². The van der Waals surface area contributed by atoms with Crippen LogP contribution in [-0.4, -0.2) is 47.5 Å². The maximum Gasteiger partial charge on any atom is 2.00 e. The number of hydrogen-bond acceptors (Lipinski definition) is 2. The van der Waals surface area contributed by atoms with E-state index < -0.39 is 17.4 Å². The van der Waals surface area contributed by atoms with E-state index >= 15 is 0 Å². The zero-order valence-electron chi connectivity index (χ0n) is 6.78. The monoisotopic (exact) mass is 246 g/mol. The van der Waals surface area contributed by atoms with Crippen LogP contribution in [0.1, 0.15) is 0 Å². The Balaban J connectivity index is -0.000000126. The van der Waals surface area contributed by atoms with E-state index in [0.29, 0.717) is 0 Å². The molecule has 0 saturated carbocycles. The number of benzene rings is 1. The van der Waals surface area contributed by atoms with Gasteiger partial charge in [-0.2, -0.15) is 0 Å². The first kappa shape index (κ1) is 19.2. The van der Waals surface area contributed by atoms with Crippen LogP contribution in [0, 0.1) is 0 Å². The fraction of sp³-hybridized carbons (Fsp3) is 0. The molecular weight excluding hydrogens is 238 g/mol. The van der Waals surface area contributed by atoms with Crippen molar-refractivity contribution in [1.82, 2.24) is 0 Å². The minimum atomic E-state index is -0.833. The summed E-state index contributed by atoms with van der Waals surface area (Å²) in [6.07, 6.45) is 0. The zero-order chi connectivity index (χ0) is 9.66.